The minimum atomic E-state index is -3.87. The van der Waals surface area contributed by atoms with Gasteiger partial charge in [-0.15, -0.1) is 0 Å². The maximum atomic E-state index is 13.0. The number of aliphatic hydroxyl groups is 2. The molecule has 0 unspecified atom stereocenters. The van der Waals surface area contributed by atoms with Gasteiger partial charge in [-0.1, -0.05) is 82.2 Å². The highest BCUT2D eigenvalue weighted by Crippen LogP contribution is 2.55. The van der Waals surface area contributed by atoms with Crippen molar-refractivity contribution in [3.05, 3.63) is 59.7 Å². The number of amides is 1. The molecule has 3 rings (SSSR count). The Bertz CT molecular complexity index is 1440. The van der Waals surface area contributed by atoms with Crippen molar-refractivity contribution >= 4 is 29.8 Å². The molecule has 2 saturated heterocycles. The zero-order valence-electron chi connectivity index (χ0n) is 28.3. The van der Waals surface area contributed by atoms with Crippen LogP contribution in [-0.2, 0) is 44.6 Å². The molecule has 0 radical (unpaired) electrons. The number of aliphatic hydroxyl groups excluding tert-OH is 1. The van der Waals surface area contributed by atoms with Crippen LogP contribution in [0.4, 0.5) is 0 Å². The highest BCUT2D eigenvalue weighted by atomic mass is 16.8. The molecule has 0 spiro atoms. The SMILES string of the molecule is CC[C@H](C)C[C@H](C)/C=C/C(=O)O[C@@H]1[C@@H](O)[C@@]2(CC/C(=C\[C@H](C)Cc3ccccc3)CNC(C)=O)O[C@H](C(=O)O)[C@@](O)(C(=O)O)[C@]1(C(=O)O)O2. The van der Waals surface area contributed by atoms with Gasteiger partial charge in [0, 0.05) is 26.0 Å². The molecule has 2 fully saturated rings. The van der Waals surface area contributed by atoms with Crippen LogP contribution in [0.25, 0.3) is 0 Å². The molecule has 1 aromatic carbocycles. The number of fused-ring (bicyclic) bond motifs is 2. The van der Waals surface area contributed by atoms with Crippen LogP contribution < -0.4 is 5.32 Å². The van der Waals surface area contributed by atoms with E-state index in [2.05, 4.69) is 5.32 Å². The van der Waals surface area contributed by atoms with Gasteiger partial charge in [0.2, 0.25) is 29.0 Å². The predicted molar refractivity (Wildman–Crippen MR) is 173 cm³/mol. The summed E-state index contributed by atoms with van der Waals surface area (Å²) in [6, 6.07) is 9.55. The van der Waals surface area contributed by atoms with Crippen molar-refractivity contribution in [3.63, 3.8) is 0 Å². The fourth-order valence-corrected chi connectivity index (χ4v) is 6.48. The summed E-state index contributed by atoms with van der Waals surface area (Å²) >= 11 is 0. The number of rotatable bonds is 17. The van der Waals surface area contributed by atoms with Crippen molar-refractivity contribution in [1.29, 1.82) is 0 Å². The molecule has 270 valence electrons. The van der Waals surface area contributed by atoms with Crippen LogP contribution in [0.2, 0.25) is 0 Å². The smallest absolute Gasteiger partial charge is 0.344 e. The van der Waals surface area contributed by atoms with Crippen molar-refractivity contribution in [2.24, 2.45) is 17.8 Å². The lowest BCUT2D eigenvalue weighted by Crippen LogP contribution is -2.78. The lowest BCUT2D eigenvalue weighted by Gasteiger charge is -2.48. The maximum absolute atomic E-state index is 13.0. The summed E-state index contributed by atoms with van der Waals surface area (Å²) < 4.78 is 16.6. The fourth-order valence-electron chi connectivity index (χ4n) is 6.48. The summed E-state index contributed by atoms with van der Waals surface area (Å²) in [6.45, 7) is 9.12. The number of aliphatic carboxylic acids is 3. The zero-order valence-corrected chi connectivity index (χ0v) is 28.3. The first-order chi connectivity index (χ1) is 22.9. The van der Waals surface area contributed by atoms with Crippen molar-refractivity contribution < 1.29 is 63.7 Å². The Hall–Kier alpha value is -4.11. The first-order valence-corrected chi connectivity index (χ1v) is 16.3. The third kappa shape index (κ3) is 8.38. The molecule has 6 N–H and O–H groups in total. The monoisotopic (exact) mass is 689 g/mol. The van der Waals surface area contributed by atoms with Gasteiger partial charge >= 0.3 is 23.9 Å². The lowest BCUT2D eigenvalue weighted by atomic mass is 9.74. The summed E-state index contributed by atoms with van der Waals surface area (Å²) in [5.41, 5.74) is -5.79. The van der Waals surface area contributed by atoms with Gasteiger partial charge in [0.05, 0.1) is 0 Å². The van der Waals surface area contributed by atoms with E-state index in [1.807, 2.05) is 64.1 Å². The predicted octanol–water partition coefficient (Wildman–Crippen LogP) is 2.46. The van der Waals surface area contributed by atoms with E-state index >= 15 is 0 Å². The first-order valence-electron chi connectivity index (χ1n) is 16.3. The molecule has 14 nitrogen and oxygen atoms in total. The molecule has 2 aliphatic heterocycles. The summed E-state index contributed by atoms with van der Waals surface area (Å²) in [4.78, 5) is 62.8. The van der Waals surface area contributed by atoms with Crippen LogP contribution >= 0.6 is 0 Å². The molecule has 0 aromatic heterocycles. The van der Waals surface area contributed by atoms with Gasteiger partial charge in [0.25, 0.3) is 0 Å². The molecular weight excluding hydrogens is 642 g/mol. The first kappa shape index (κ1) is 39.3. The Kier molecular flexibility index (Phi) is 12.9. The maximum Gasteiger partial charge on any atom is 0.344 e. The molecular formula is C35H47NO13. The van der Waals surface area contributed by atoms with E-state index in [0.29, 0.717) is 24.3 Å². The van der Waals surface area contributed by atoms with E-state index in [-0.39, 0.29) is 30.7 Å². The number of esters is 1. The van der Waals surface area contributed by atoms with Crippen molar-refractivity contribution in [2.45, 2.75) is 102 Å². The molecule has 14 heteroatoms. The largest absolute Gasteiger partial charge is 0.479 e. The quantitative estimate of drug-likeness (QED) is 0.0786. The van der Waals surface area contributed by atoms with Crippen LogP contribution in [0.5, 0.6) is 0 Å². The summed E-state index contributed by atoms with van der Waals surface area (Å²) in [6.07, 6.45) is -1.51. The Balaban J connectivity index is 2.04. The number of carboxylic acids is 3. The Morgan fingerprint density at radius 1 is 1.02 bits per heavy atom. The van der Waals surface area contributed by atoms with E-state index in [9.17, 15) is 49.5 Å². The Morgan fingerprint density at radius 2 is 1.67 bits per heavy atom. The molecule has 0 saturated carbocycles. The molecule has 0 aliphatic carbocycles. The van der Waals surface area contributed by atoms with Crippen LogP contribution in [0.1, 0.15) is 65.9 Å². The van der Waals surface area contributed by atoms with E-state index in [0.717, 1.165) is 18.1 Å². The number of allylic oxidation sites excluding steroid dienone is 2. The number of hydrogen-bond acceptors (Lipinski definition) is 10. The summed E-state index contributed by atoms with van der Waals surface area (Å²) in [5, 5.41) is 56.3. The van der Waals surface area contributed by atoms with E-state index in [1.165, 1.54) is 13.0 Å². The number of benzene rings is 1. The van der Waals surface area contributed by atoms with Gasteiger partial charge in [-0.2, -0.15) is 0 Å². The summed E-state index contributed by atoms with van der Waals surface area (Å²) in [5.74, 6) is -10.6. The highest BCUT2D eigenvalue weighted by Gasteiger charge is 2.85. The van der Waals surface area contributed by atoms with Crippen LogP contribution in [0.3, 0.4) is 0 Å². The molecule has 49 heavy (non-hydrogen) atoms. The minimum absolute atomic E-state index is 0.0180. The second kappa shape index (κ2) is 16.1. The van der Waals surface area contributed by atoms with Gasteiger partial charge in [0.1, 0.15) is 6.10 Å². The van der Waals surface area contributed by atoms with Crippen LogP contribution in [-0.4, -0.2) is 97.2 Å². The van der Waals surface area contributed by atoms with Crippen molar-refractivity contribution in [3.8, 4) is 0 Å². The highest BCUT2D eigenvalue weighted by molar-refractivity contribution is 5.98. The number of nitrogens with one attached hydrogen (secondary N) is 1. The van der Waals surface area contributed by atoms with Gasteiger partial charge in [-0.3, -0.25) is 4.79 Å². The topological polar surface area (TPSA) is 226 Å². The molecule has 9 atom stereocenters. The number of carbonyl (C=O) groups is 5. The minimum Gasteiger partial charge on any atom is -0.479 e. The second-order valence-corrected chi connectivity index (χ2v) is 13.2. The number of carbonyl (C=O) groups excluding carboxylic acids is 2. The van der Waals surface area contributed by atoms with E-state index in [4.69, 9.17) is 14.2 Å². The number of carboxylic acid groups (broad SMARTS) is 3. The number of ether oxygens (including phenoxy) is 3. The Labute approximate surface area is 284 Å². The standard InChI is InChI=1S/C35H47NO13/c1-6-20(2)16-21(3)12-13-26(38)47-28-27(39)33(48-29(30(40)41)34(46,31(42)43)35(28,49-33)32(44)45)15-14-25(19-36-23(5)37)18-22(4)17-24-10-8-7-9-11-24/h7-13,18,20-22,27-29,39,46H,6,14-17,19H2,1-5H3,(H,36,37)(H,40,41)(H,42,43)(H,44,45)/b13-12+,25-18+/t20-,21+,22+,27+,28+,29+,33-,34+,35-/m0/s1. The number of hydrogen-bond donors (Lipinski definition) is 6. The molecule has 1 amide bonds. The van der Waals surface area contributed by atoms with Gasteiger partial charge in [-0.25, -0.2) is 19.2 Å². The normalized spacial score (nSPS) is 29.9. The van der Waals surface area contributed by atoms with Gasteiger partial charge < -0.3 is 45.1 Å². The average Bonchev–Trinajstić information content (AvgIpc) is 3.25. The average molecular weight is 690 g/mol. The fraction of sp³-hybridized carbons (Fsp3) is 0.571. The van der Waals surface area contributed by atoms with Gasteiger partial charge in [-0.05, 0) is 42.6 Å². The molecule has 2 bridgehead atoms. The molecule has 1 aromatic rings. The van der Waals surface area contributed by atoms with Crippen LogP contribution in [0.15, 0.2) is 54.1 Å². The molecule has 2 heterocycles. The lowest BCUT2D eigenvalue weighted by molar-refractivity contribution is -0.374. The Morgan fingerprint density at radius 3 is 2.22 bits per heavy atom. The van der Waals surface area contributed by atoms with Gasteiger partial charge in [0.15, 0.2) is 6.10 Å². The molecule has 2 aliphatic rings. The van der Waals surface area contributed by atoms with Crippen molar-refractivity contribution in [1.82, 2.24) is 5.32 Å². The van der Waals surface area contributed by atoms with Crippen molar-refractivity contribution in [2.75, 3.05) is 6.54 Å². The van der Waals surface area contributed by atoms with Crippen LogP contribution in [0, 0.1) is 17.8 Å². The summed E-state index contributed by atoms with van der Waals surface area (Å²) in [7, 11) is 0. The third-order valence-electron chi connectivity index (χ3n) is 9.16. The third-order valence-corrected chi connectivity index (χ3v) is 9.16. The van der Waals surface area contributed by atoms with E-state index < -0.39 is 65.6 Å². The second-order valence-electron chi connectivity index (χ2n) is 13.2. The van der Waals surface area contributed by atoms with E-state index in [1.54, 1.807) is 0 Å². The zero-order chi connectivity index (χ0) is 36.7.